The molecule has 5 atom stereocenters. The average Bonchev–Trinajstić information content (AvgIpc) is 4.14. The molecule has 65 heavy (non-hydrogen) atoms. The Morgan fingerprint density at radius 3 is 2.11 bits per heavy atom. The van der Waals surface area contributed by atoms with Gasteiger partial charge in [0.15, 0.2) is 0 Å². The second-order valence-corrected chi connectivity index (χ2v) is 17.0. The molecule has 8 rings (SSSR count). The minimum atomic E-state index is -1.33. The van der Waals surface area contributed by atoms with Crippen LogP contribution in [0.2, 0.25) is 0 Å². The van der Waals surface area contributed by atoms with Crippen LogP contribution >= 0.6 is 0 Å². The number of anilines is 1. The largest absolute Gasteiger partial charge is 0.456 e. The van der Waals surface area contributed by atoms with Crippen LogP contribution in [-0.4, -0.2) is 86.4 Å². The Morgan fingerprint density at radius 2 is 1.42 bits per heavy atom. The van der Waals surface area contributed by atoms with Gasteiger partial charge in [-0.1, -0.05) is 60.7 Å². The van der Waals surface area contributed by atoms with Gasteiger partial charge in [-0.2, -0.15) is 0 Å². The van der Waals surface area contributed by atoms with E-state index in [9.17, 15) is 24.3 Å². The molecule has 4 heterocycles. The quantitative estimate of drug-likeness (QED) is 0.0632. The number of benzene rings is 4. The standard InChI is InChI=1S/C50H55N7O8/c1-30(2)63-49(61)54-43(33-13-7-5-8-14-33)47(59)56-25-11-17-39(56)45-51-29-38(53-45)35-21-24-41-36(27-35)28-42(65-41)32-19-22-37(23-20-32)52-46(58)40-18-12-26-57(40)48(60)44(34-15-9-6-10-16-34)55-50(62)64-31(3)4/h5-10,13-16,19-24,27-31,39-40,43-44,49,54,61H,11-12,17-18,25-26H2,1-4H3,(H,51,53)(H,52,58)(H,55,62)/t39-,40-,43+,44+,49?/m0/s1. The fraction of sp³-hybridized carbons (Fsp3) is 0.340. The number of aliphatic hydroxyl groups excluding tert-OH is 1. The molecule has 0 saturated carbocycles. The molecule has 2 aliphatic rings. The van der Waals surface area contributed by atoms with Gasteiger partial charge in [0.05, 0.1) is 30.1 Å². The van der Waals surface area contributed by atoms with E-state index in [-0.39, 0.29) is 36.0 Å². The lowest BCUT2D eigenvalue weighted by atomic mass is 10.0. The predicted octanol–water partition coefficient (Wildman–Crippen LogP) is 7.99. The van der Waals surface area contributed by atoms with Crippen LogP contribution in [-0.2, 0) is 23.9 Å². The van der Waals surface area contributed by atoms with E-state index in [2.05, 4.69) is 20.9 Å². The molecule has 15 heteroatoms. The fourth-order valence-corrected chi connectivity index (χ4v) is 8.59. The first-order valence-electron chi connectivity index (χ1n) is 22.2. The third-order valence-corrected chi connectivity index (χ3v) is 11.6. The highest BCUT2D eigenvalue weighted by atomic mass is 16.6. The van der Waals surface area contributed by atoms with Crippen LogP contribution < -0.4 is 16.0 Å². The fourth-order valence-electron chi connectivity index (χ4n) is 8.59. The molecule has 338 valence electrons. The first kappa shape index (κ1) is 44.8. The molecule has 15 nitrogen and oxygen atoms in total. The Balaban J connectivity index is 0.926. The number of aliphatic hydroxyl groups is 1. The lowest BCUT2D eigenvalue weighted by Crippen LogP contribution is -2.48. The van der Waals surface area contributed by atoms with Gasteiger partial charge < -0.3 is 44.4 Å². The maximum absolute atomic E-state index is 14.2. The zero-order chi connectivity index (χ0) is 45.6. The van der Waals surface area contributed by atoms with Crippen molar-refractivity contribution in [2.45, 2.75) is 96.2 Å². The Labute approximate surface area is 377 Å². The van der Waals surface area contributed by atoms with Crippen molar-refractivity contribution < 1.29 is 38.2 Å². The van der Waals surface area contributed by atoms with Crippen molar-refractivity contribution in [3.05, 3.63) is 132 Å². The third-order valence-electron chi connectivity index (χ3n) is 11.6. The number of aromatic amines is 1. The van der Waals surface area contributed by atoms with Crippen molar-refractivity contribution in [2.24, 2.45) is 0 Å². The molecule has 2 saturated heterocycles. The third kappa shape index (κ3) is 10.4. The number of ether oxygens (including phenoxy) is 2. The van der Waals surface area contributed by atoms with Gasteiger partial charge in [0.1, 0.15) is 35.3 Å². The zero-order valence-corrected chi connectivity index (χ0v) is 36.9. The molecule has 4 amide bonds. The van der Waals surface area contributed by atoms with Gasteiger partial charge in [-0.05, 0) is 113 Å². The van der Waals surface area contributed by atoms with Crippen molar-refractivity contribution in [3.8, 4) is 22.6 Å². The maximum atomic E-state index is 14.2. The second-order valence-electron chi connectivity index (χ2n) is 17.0. The van der Waals surface area contributed by atoms with Crippen LogP contribution in [0.15, 0.2) is 120 Å². The zero-order valence-electron chi connectivity index (χ0n) is 36.9. The number of likely N-dealkylation sites (tertiary alicyclic amines) is 2. The highest BCUT2D eigenvalue weighted by Gasteiger charge is 2.39. The normalized spacial score (nSPS) is 17.6. The van der Waals surface area contributed by atoms with Crippen LogP contribution in [0.4, 0.5) is 10.5 Å². The SMILES string of the molecule is CC(C)OC(=O)N[C@@H](C(=O)N1CCC[C@H]1C(=O)Nc1ccc(-c2cc3cc(-c4cnc([C@@H]5CCCN5C(=O)[C@H](NC(O)OC(C)C)c5ccccc5)[nH]4)ccc3o2)cc1)c1ccccc1. The Bertz CT molecular complexity index is 2590. The molecular weight excluding hydrogens is 827 g/mol. The van der Waals surface area contributed by atoms with E-state index in [1.165, 1.54) is 4.90 Å². The number of carbonyl (C=O) groups is 4. The number of hydrogen-bond donors (Lipinski definition) is 5. The lowest BCUT2D eigenvalue weighted by Gasteiger charge is -2.30. The number of amides is 4. The molecule has 1 unspecified atom stereocenters. The molecule has 2 aliphatic heterocycles. The molecule has 2 aromatic heterocycles. The molecular formula is C50H55N7O8. The summed E-state index contributed by atoms with van der Waals surface area (Å²) >= 11 is 0. The summed E-state index contributed by atoms with van der Waals surface area (Å²) in [5, 5.41) is 20.1. The van der Waals surface area contributed by atoms with Crippen LogP contribution in [0.1, 0.15) is 88.5 Å². The molecule has 6 aromatic rings. The molecule has 5 N–H and O–H groups in total. The average molecular weight is 882 g/mol. The van der Waals surface area contributed by atoms with E-state index in [4.69, 9.17) is 18.9 Å². The van der Waals surface area contributed by atoms with Crippen molar-refractivity contribution in [1.29, 1.82) is 0 Å². The summed E-state index contributed by atoms with van der Waals surface area (Å²) in [5.41, 5.74) is 5.09. The Morgan fingerprint density at radius 1 is 0.769 bits per heavy atom. The Hall–Kier alpha value is -6.81. The summed E-state index contributed by atoms with van der Waals surface area (Å²) in [6.45, 7) is 8.03. The number of nitrogens with zero attached hydrogens (tertiary/aromatic N) is 3. The van der Waals surface area contributed by atoms with Gasteiger partial charge in [-0.3, -0.25) is 19.7 Å². The monoisotopic (exact) mass is 881 g/mol. The van der Waals surface area contributed by atoms with E-state index in [1.807, 2.05) is 91.5 Å². The van der Waals surface area contributed by atoms with Crippen LogP contribution in [0.25, 0.3) is 33.6 Å². The number of imidazole rings is 1. The molecule has 0 aliphatic carbocycles. The maximum Gasteiger partial charge on any atom is 0.408 e. The minimum Gasteiger partial charge on any atom is -0.456 e. The number of alkyl carbamates (subject to hydrolysis) is 1. The summed E-state index contributed by atoms with van der Waals surface area (Å²) in [5.74, 6) is 0.461. The van der Waals surface area contributed by atoms with E-state index in [0.717, 1.165) is 40.6 Å². The number of hydrogen-bond acceptors (Lipinski definition) is 10. The van der Waals surface area contributed by atoms with E-state index >= 15 is 0 Å². The smallest absolute Gasteiger partial charge is 0.408 e. The van der Waals surface area contributed by atoms with E-state index in [1.54, 1.807) is 56.4 Å². The Kier molecular flexibility index (Phi) is 13.7. The highest BCUT2D eigenvalue weighted by molar-refractivity contribution is 5.99. The van der Waals surface area contributed by atoms with Crippen molar-refractivity contribution >= 4 is 40.5 Å². The number of furan rings is 1. The molecule has 0 bridgehead atoms. The summed E-state index contributed by atoms with van der Waals surface area (Å²) in [6.07, 6.45) is 1.82. The summed E-state index contributed by atoms with van der Waals surface area (Å²) in [4.78, 5) is 66.0. The van der Waals surface area contributed by atoms with Gasteiger partial charge in [0.25, 0.3) is 5.91 Å². The number of fused-ring (bicyclic) bond motifs is 1. The summed E-state index contributed by atoms with van der Waals surface area (Å²) < 4.78 is 17.1. The van der Waals surface area contributed by atoms with Gasteiger partial charge in [-0.25, -0.2) is 9.78 Å². The number of H-pyrrole nitrogens is 1. The topological polar surface area (TPSA) is 191 Å². The van der Waals surface area contributed by atoms with E-state index in [0.29, 0.717) is 54.3 Å². The number of nitrogens with one attached hydrogen (secondary N) is 4. The van der Waals surface area contributed by atoms with Crippen LogP contribution in [0.3, 0.4) is 0 Å². The van der Waals surface area contributed by atoms with Gasteiger partial charge in [0.2, 0.25) is 18.2 Å². The summed E-state index contributed by atoms with van der Waals surface area (Å²) in [7, 11) is 0. The predicted molar refractivity (Wildman–Crippen MR) is 245 cm³/mol. The molecule has 4 aromatic carbocycles. The minimum absolute atomic E-state index is 0.174. The number of rotatable bonds is 15. The lowest BCUT2D eigenvalue weighted by molar-refractivity contribution is -0.159. The summed E-state index contributed by atoms with van der Waals surface area (Å²) in [6, 6.07) is 30.6. The molecule has 0 spiro atoms. The highest BCUT2D eigenvalue weighted by Crippen LogP contribution is 2.36. The van der Waals surface area contributed by atoms with E-state index < -0.39 is 30.6 Å². The second kappa shape index (κ2) is 19.9. The molecule has 2 fully saturated rings. The first-order chi connectivity index (χ1) is 31.4. The number of carbonyl (C=O) groups excluding carboxylic acids is 4. The van der Waals surface area contributed by atoms with Crippen LogP contribution in [0, 0.1) is 0 Å². The number of aromatic nitrogens is 2. The van der Waals surface area contributed by atoms with Gasteiger partial charge in [-0.15, -0.1) is 0 Å². The molecule has 0 radical (unpaired) electrons. The van der Waals surface area contributed by atoms with Gasteiger partial charge >= 0.3 is 6.09 Å². The van der Waals surface area contributed by atoms with Gasteiger partial charge in [0, 0.05) is 35.3 Å². The first-order valence-corrected chi connectivity index (χ1v) is 22.2. The van der Waals surface area contributed by atoms with Crippen LogP contribution in [0.5, 0.6) is 0 Å². The van der Waals surface area contributed by atoms with Crippen molar-refractivity contribution in [1.82, 2.24) is 30.4 Å². The van der Waals surface area contributed by atoms with Crippen molar-refractivity contribution in [2.75, 3.05) is 18.4 Å². The van der Waals surface area contributed by atoms with Crippen molar-refractivity contribution in [3.63, 3.8) is 0 Å².